The minimum Gasteiger partial charge on any atom is -0.340 e. The van der Waals surface area contributed by atoms with Crippen LogP contribution in [0.5, 0.6) is 0 Å². The van der Waals surface area contributed by atoms with Gasteiger partial charge in [-0.3, -0.25) is 4.79 Å². The van der Waals surface area contributed by atoms with E-state index in [1.54, 1.807) is 0 Å². The van der Waals surface area contributed by atoms with E-state index in [0.717, 1.165) is 28.6 Å². The molecule has 0 saturated heterocycles. The van der Waals surface area contributed by atoms with Gasteiger partial charge in [0.25, 0.3) is 0 Å². The number of benzene rings is 4. The molecule has 1 unspecified atom stereocenters. The number of ketones is 1. The minimum absolute atomic E-state index is 0.0873. The molecule has 0 spiro atoms. The fourth-order valence-electron chi connectivity index (χ4n) is 5.29. The number of nitrogens with zero attached hydrogens (tertiary/aromatic N) is 1. The molecule has 0 N–H and O–H groups in total. The third kappa shape index (κ3) is 4.03. The van der Waals surface area contributed by atoms with Gasteiger partial charge in [0, 0.05) is 39.5 Å². The smallest absolute Gasteiger partial charge is 0.193 e. The number of carbonyl (C=O) groups excluding carboxylic acids is 1. The molecule has 0 aliphatic heterocycles. The van der Waals surface area contributed by atoms with E-state index in [-0.39, 0.29) is 5.78 Å². The van der Waals surface area contributed by atoms with Crippen LogP contribution in [0.3, 0.4) is 0 Å². The quantitative estimate of drug-likeness (QED) is 0.218. The highest BCUT2D eigenvalue weighted by Gasteiger charge is 2.16. The summed E-state index contributed by atoms with van der Waals surface area (Å²) in [4.78, 5) is 13.2. The highest BCUT2D eigenvalue weighted by Crippen LogP contribution is 2.34. The van der Waals surface area contributed by atoms with Crippen molar-refractivity contribution < 1.29 is 4.79 Å². The predicted octanol–water partition coefficient (Wildman–Crippen LogP) is 8.70. The van der Waals surface area contributed by atoms with Gasteiger partial charge < -0.3 is 4.57 Å². The standard InChI is InChI=1S/C32H33NO/c1-4-6-12-23(5-2)21-33-30-15-10-9-14-28(30)29-19-26-18-25(17-16-24(26)20-31(29)33)32(34)27-13-8-7-11-22(27)3/h7-11,13-20,23H,4-6,12,21H2,1-3H3. The van der Waals surface area contributed by atoms with Gasteiger partial charge in [-0.2, -0.15) is 0 Å². The highest BCUT2D eigenvalue weighted by atomic mass is 16.1. The van der Waals surface area contributed by atoms with Crippen molar-refractivity contribution in [3.05, 3.63) is 95.6 Å². The number of para-hydroxylation sites is 1. The summed E-state index contributed by atoms with van der Waals surface area (Å²) in [5.74, 6) is 0.771. The Morgan fingerprint density at radius 2 is 1.62 bits per heavy atom. The van der Waals surface area contributed by atoms with Crippen LogP contribution in [0.2, 0.25) is 0 Å². The van der Waals surface area contributed by atoms with Crippen molar-refractivity contribution >= 4 is 38.4 Å². The van der Waals surface area contributed by atoms with E-state index in [0.29, 0.717) is 5.92 Å². The summed E-state index contributed by atoms with van der Waals surface area (Å²) in [6, 6.07) is 27.3. The van der Waals surface area contributed by atoms with Crippen molar-refractivity contribution in [2.24, 2.45) is 5.92 Å². The number of unbranched alkanes of at least 4 members (excludes halogenated alkanes) is 1. The summed E-state index contributed by atoms with van der Waals surface area (Å²) in [5.41, 5.74) is 5.13. The van der Waals surface area contributed by atoms with Gasteiger partial charge in [0.05, 0.1) is 0 Å². The minimum atomic E-state index is 0.0873. The van der Waals surface area contributed by atoms with Crippen LogP contribution in [0.25, 0.3) is 32.6 Å². The van der Waals surface area contributed by atoms with Crippen LogP contribution in [0.15, 0.2) is 78.9 Å². The molecule has 0 radical (unpaired) electrons. The van der Waals surface area contributed by atoms with Crippen LogP contribution in [-0.2, 0) is 6.54 Å². The van der Waals surface area contributed by atoms with Crippen molar-refractivity contribution in [2.75, 3.05) is 0 Å². The van der Waals surface area contributed by atoms with Crippen molar-refractivity contribution in [2.45, 2.75) is 53.0 Å². The molecule has 5 aromatic rings. The molecule has 0 amide bonds. The SMILES string of the molecule is CCCCC(CC)Cn1c2ccccc2c2cc3cc(C(=O)c4ccccc4C)ccc3cc21. The first kappa shape index (κ1) is 22.4. The van der Waals surface area contributed by atoms with Crippen molar-refractivity contribution in [1.82, 2.24) is 4.57 Å². The molecule has 2 nitrogen and oxygen atoms in total. The zero-order chi connectivity index (χ0) is 23.7. The van der Waals surface area contributed by atoms with Crippen LogP contribution >= 0.6 is 0 Å². The molecular weight excluding hydrogens is 414 g/mol. The van der Waals surface area contributed by atoms with Crippen LogP contribution < -0.4 is 0 Å². The van der Waals surface area contributed by atoms with Gasteiger partial charge in [-0.15, -0.1) is 0 Å². The molecule has 1 heterocycles. The zero-order valence-corrected chi connectivity index (χ0v) is 20.5. The van der Waals surface area contributed by atoms with Gasteiger partial charge in [0.15, 0.2) is 5.78 Å². The molecule has 4 aromatic carbocycles. The van der Waals surface area contributed by atoms with Gasteiger partial charge in [0.1, 0.15) is 0 Å². The average Bonchev–Trinajstić information content (AvgIpc) is 3.17. The van der Waals surface area contributed by atoms with E-state index in [9.17, 15) is 4.79 Å². The van der Waals surface area contributed by atoms with E-state index in [1.807, 2.05) is 37.3 Å². The summed E-state index contributed by atoms with van der Waals surface area (Å²) >= 11 is 0. The maximum atomic E-state index is 13.2. The van der Waals surface area contributed by atoms with Crippen molar-refractivity contribution in [3.8, 4) is 0 Å². The summed E-state index contributed by atoms with van der Waals surface area (Å²) in [5, 5.41) is 4.86. The molecule has 2 heteroatoms. The fraction of sp³-hybridized carbons (Fsp3) is 0.281. The molecule has 34 heavy (non-hydrogen) atoms. The first-order valence-corrected chi connectivity index (χ1v) is 12.7. The topological polar surface area (TPSA) is 22.0 Å². The van der Waals surface area contributed by atoms with Gasteiger partial charge in [0.2, 0.25) is 0 Å². The Morgan fingerprint density at radius 1 is 0.824 bits per heavy atom. The lowest BCUT2D eigenvalue weighted by molar-refractivity contribution is 0.103. The normalized spacial score (nSPS) is 12.6. The van der Waals surface area contributed by atoms with Gasteiger partial charge in [-0.25, -0.2) is 0 Å². The summed E-state index contributed by atoms with van der Waals surface area (Å²) < 4.78 is 2.53. The number of rotatable bonds is 8. The van der Waals surface area contributed by atoms with Crippen molar-refractivity contribution in [3.63, 3.8) is 0 Å². The van der Waals surface area contributed by atoms with E-state index in [1.165, 1.54) is 52.9 Å². The molecular formula is C32H33NO. The predicted molar refractivity (Wildman–Crippen MR) is 145 cm³/mol. The maximum Gasteiger partial charge on any atom is 0.193 e. The first-order chi connectivity index (χ1) is 16.6. The molecule has 0 saturated carbocycles. The first-order valence-electron chi connectivity index (χ1n) is 12.7. The number of fused-ring (bicyclic) bond motifs is 4. The third-order valence-electron chi connectivity index (χ3n) is 7.37. The Bertz CT molecular complexity index is 1490. The van der Waals surface area contributed by atoms with Gasteiger partial charge in [-0.1, -0.05) is 87.7 Å². The lowest BCUT2D eigenvalue weighted by Gasteiger charge is -2.17. The summed E-state index contributed by atoms with van der Waals surface area (Å²) in [7, 11) is 0. The highest BCUT2D eigenvalue weighted by molar-refractivity contribution is 6.15. The molecule has 1 atom stereocenters. The Kier molecular flexibility index (Phi) is 6.24. The number of aromatic nitrogens is 1. The molecule has 1 aromatic heterocycles. The second-order valence-electron chi connectivity index (χ2n) is 9.62. The Morgan fingerprint density at radius 3 is 2.41 bits per heavy atom. The molecule has 0 aliphatic rings. The van der Waals surface area contributed by atoms with E-state index in [4.69, 9.17) is 0 Å². The number of hydrogen-bond acceptors (Lipinski definition) is 1. The second-order valence-corrected chi connectivity index (χ2v) is 9.62. The van der Waals surface area contributed by atoms with E-state index in [2.05, 4.69) is 66.9 Å². The second kappa shape index (κ2) is 9.46. The summed E-state index contributed by atoms with van der Waals surface area (Å²) in [6.45, 7) is 7.64. The number of carbonyl (C=O) groups is 1. The molecule has 0 bridgehead atoms. The molecule has 0 fully saturated rings. The Balaban J connectivity index is 1.63. The lowest BCUT2D eigenvalue weighted by atomic mass is 9.96. The number of hydrogen-bond donors (Lipinski definition) is 0. The van der Waals surface area contributed by atoms with E-state index < -0.39 is 0 Å². The molecule has 0 aliphatic carbocycles. The van der Waals surface area contributed by atoms with Crippen LogP contribution in [0.4, 0.5) is 0 Å². The lowest BCUT2D eigenvalue weighted by Crippen LogP contribution is -2.10. The monoisotopic (exact) mass is 447 g/mol. The van der Waals surface area contributed by atoms with E-state index >= 15 is 0 Å². The van der Waals surface area contributed by atoms with Crippen molar-refractivity contribution in [1.29, 1.82) is 0 Å². The van der Waals surface area contributed by atoms with Crippen LogP contribution in [-0.4, -0.2) is 10.4 Å². The fourth-order valence-corrected chi connectivity index (χ4v) is 5.29. The zero-order valence-electron chi connectivity index (χ0n) is 20.5. The van der Waals surface area contributed by atoms with Gasteiger partial charge >= 0.3 is 0 Å². The number of aryl methyl sites for hydroxylation is 1. The Labute approximate surface area is 202 Å². The third-order valence-corrected chi connectivity index (χ3v) is 7.37. The maximum absolute atomic E-state index is 13.2. The Hall–Kier alpha value is -3.39. The largest absolute Gasteiger partial charge is 0.340 e. The molecule has 5 rings (SSSR count). The molecule has 172 valence electrons. The van der Waals surface area contributed by atoms with Crippen LogP contribution in [0.1, 0.15) is 61.0 Å². The van der Waals surface area contributed by atoms with Gasteiger partial charge in [-0.05, 0) is 59.9 Å². The summed E-state index contributed by atoms with van der Waals surface area (Å²) in [6.07, 6.45) is 5.01. The van der Waals surface area contributed by atoms with Crippen LogP contribution in [0, 0.1) is 12.8 Å². The average molecular weight is 448 g/mol.